The van der Waals surface area contributed by atoms with Gasteiger partial charge in [0.1, 0.15) is 0 Å². The van der Waals surface area contributed by atoms with Crippen molar-refractivity contribution in [3.8, 4) is 0 Å². The van der Waals surface area contributed by atoms with Gasteiger partial charge in [0.05, 0.1) is 21.1 Å². The summed E-state index contributed by atoms with van der Waals surface area (Å²) in [5.74, 6) is -2.62. The Bertz CT molecular complexity index is 372. The maximum absolute atomic E-state index is 12.2. The number of carbonyl (C=O) groups excluding carboxylic acids is 3. The zero-order valence-corrected chi connectivity index (χ0v) is 12.2. The summed E-state index contributed by atoms with van der Waals surface area (Å²) in [5, 5.41) is 21.2. The van der Waals surface area contributed by atoms with Gasteiger partial charge < -0.3 is 19.5 Å². The number of carboxylic acid groups (broad SMARTS) is 1. The first-order valence-corrected chi connectivity index (χ1v) is 6.24. The summed E-state index contributed by atoms with van der Waals surface area (Å²) >= 11 is 0. The van der Waals surface area contributed by atoms with Crippen LogP contribution in [0.5, 0.6) is 0 Å². The summed E-state index contributed by atoms with van der Waals surface area (Å²) < 4.78 is -0.0256. The minimum atomic E-state index is -2.23. The van der Waals surface area contributed by atoms with E-state index in [0.29, 0.717) is 6.42 Å². The Morgan fingerprint density at radius 2 is 1.74 bits per heavy atom. The summed E-state index contributed by atoms with van der Waals surface area (Å²) in [6.07, 6.45) is -0.130. The van der Waals surface area contributed by atoms with Crippen molar-refractivity contribution < 1.29 is 29.1 Å². The molecule has 0 bridgehead atoms. The molecule has 2 unspecified atom stereocenters. The van der Waals surface area contributed by atoms with Gasteiger partial charge >= 0.3 is 0 Å². The van der Waals surface area contributed by atoms with Gasteiger partial charge in [-0.1, -0.05) is 6.92 Å². The van der Waals surface area contributed by atoms with Gasteiger partial charge in [-0.25, -0.2) is 0 Å². The normalized spacial score (nSPS) is 16.5. The molecule has 2 atom stereocenters. The molecule has 0 radical (unpaired) electrons. The SMILES string of the molecule is CCCC(=O)C(C(O)(CC(=O)[O-])C(C)=O)[N+](C)(C)C. The molecule has 0 saturated heterocycles. The molecule has 6 heteroatoms. The van der Waals surface area contributed by atoms with E-state index in [-0.39, 0.29) is 16.7 Å². The molecule has 0 saturated carbocycles. The van der Waals surface area contributed by atoms with Crippen LogP contribution in [0.2, 0.25) is 0 Å². The first-order valence-electron chi connectivity index (χ1n) is 6.24. The number of nitrogens with zero attached hydrogens (tertiary/aromatic N) is 1. The zero-order valence-electron chi connectivity index (χ0n) is 12.2. The highest BCUT2D eigenvalue weighted by Crippen LogP contribution is 2.26. The first-order chi connectivity index (χ1) is 8.46. The Morgan fingerprint density at radius 3 is 2.00 bits per heavy atom. The minimum Gasteiger partial charge on any atom is -0.550 e. The Labute approximate surface area is 113 Å². The molecule has 0 heterocycles. The summed E-state index contributed by atoms with van der Waals surface area (Å²) in [5.41, 5.74) is -2.23. The lowest BCUT2D eigenvalue weighted by atomic mass is 9.81. The van der Waals surface area contributed by atoms with Crippen LogP contribution in [-0.2, 0) is 14.4 Å². The lowest BCUT2D eigenvalue weighted by molar-refractivity contribution is -0.892. The number of carboxylic acids is 1. The van der Waals surface area contributed by atoms with Gasteiger partial charge in [0.15, 0.2) is 23.2 Å². The third-order valence-corrected chi connectivity index (χ3v) is 3.05. The average Bonchev–Trinajstić information content (AvgIpc) is 2.13. The topological polar surface area (TPSA) is 94.5 Å². The monoisotopic (exact) mass is 273 g/mol. The molecule has 6 nitrogen and oxygen atoms in total. The Hall–Kier alpha value is -1.27. The van der Waals surface area contributed by atoms with Crippen molar-refractivity contribution in [2.75, 3.05) is 21.1 Å². The Kier molecular flexibility index (Phi) is 5.83. The molecule has 0 rings (SSSR count). The largest absolute Gasteiger partial charge is 0.550 e. The molecular weight excluding hydrogens is 250 g/mol. The lowest BCUT2D eigenvalue weighted by Gasteiger charge is -2.42. The van der Waals surface area contributed by atoms with Crippen LogP contribution in [0.15, 0.2) is 0 Å². The van der Waals surface area contributed by atoms with Gasteiger partial charge in [0.25, 0.3) is 0 Å². The van der Waals surface area contributed by atoms with Gasteiger partial charge in [0.2, 0.25) is 0 Å². The second-order valence-electron chi connectivity index (χ2n) is 5.76. The predicted molar refractivity (Wildman–Crippen MR) is 67.0 cm³/mol. The number of ketones is 2. The number of aliphatic hydroxyl groups is 1. The summed E-state index contributed by atoms with van der Waals surface area (Å²) in [6.45, 7) is 2.89. The van der Waals surface area contributed by atoms with E-state index in [4.69, 9.17) is 0 Å². The average molecular weight is 273 g/mol. The molecule has 0 aromatic rings. The van der Waals surface area contributed by atoms with Crippen molar-refractivity contribution >= 4 is 17.5 Å². The lowest BCUT2D eigenvalue weighted by Crippen LogP contribution is -2.66. The molecular formula is C13H23NO5. The number of quaternary nitrogens is 1. The van der Waals surface area contributed by atoms with E-state index in [1.54, 1.807) is 28.1 Å². The van der Waals surface area contributed by atoms with Crippen LogP contribution in [-0.4, -0.2) is 59.9 Å². The maximum atomic E-state index is 12.2. The molecule has 0 aromatic carbocycles. The van der Waals surface area contributed by atoms with Crippen LogP contribution in [0.3, 0.4) is 0 Å². The molecule has 0 fully saturated rings. The number of Topliss-reactive ketones (excluding diaryl/α,β-unsaturated/α-hetero) is 2. The van der Waals surface area contributed by atoms with Crippen molar-refractivity contribution in [1.82, 2.24) is 0 Å². The van der Waals surface area contributed by atoms with Crippen LogP contribution < -0.4 is 5.11 Å². The summed E-state index contributed by atoms with van der Waals surface area (Å²) in [7, 11) is 4.92. The molecule has 110 valence electrons. The summed E-state index contributed by atoms with van der Waals surface area (Å²) in [6, 6.07) is -1.12. The highest BCUT2D eigenvalue weighted by atomic mass is 16.4. The van der Waals surface area contributed by atoms with E-state index in [0.717, 1.165) is 6.92 Å². The molecule has 0 spiro atoms. The molecule has 0 aliphatic heterocycles. The van der Waals surface area contributed by atoms with E-state index in [1.165, 1.54) is 0 Å². The molecule has 0 aliphatic carbocycles. The third-order valence-electron chi connectivity index (χ3n) is 3.05. The van der Waals surface area contributed by atoms with Crippen molar-refractivity contribution in [2.45, 2.75) is 44.8 Å². The van der Waals surface area contributed by atoms with Gasteiger partial charge in [-0.2, -0.15) is 0 Å². The smallest absolute Gasteiger partial charge is 0.193 e. The van der Waals surface area contributed by atoms with Crippen LogP contribution >= 0.6 is 0 Å². The van der Waals surface area contributed by atoms with Crippen molar-refractivity contribution in [1.29, 1.82) is 0 Å². The fourth-order valence-electron chi connectivity index (χ4n) is 2.36. The Balaban J connectivity index is 5.70. The first kappa shape index (κ1) is 17.7. The molecule has 0 amide bonds. The quantitative estimate of drug-likeness (QED) is 0.566. The number of aliphatic carboxylic acids is 1. The fraction of sp³-hybridized carbons (Fsp3) is 0.769. The zero-order chi connectivity index (χ0) is 15.4. The number of hydrogen-bond donors (Lipinski definition) is 1. The molecule has 1 N–H and O–H groups in total. The second kappa shape index (κ2) is 6.25. The van der Waals surface area contributed by atoms with E-state index in [9.17, 15) is 24.6 Å². The number of rotatable bonds is 8. The standard InChI is InChI=1S/C13H23NO5/c1-6-7-10(16)12(14(3,4)5)13(19,9(2)15)8-11(17)18/h12,19H,6-8H2,1-5H3. The van der Waals surface area contributed by atoms with E-state index >= 15 is 0 Å². The van der Waals surface area contributed by atoms with E-state index < -0.39 is 29.8 Å². The fourth-order valence-corrected chi connectivity index (χ4v) is 2.36. The van der Waals surface area contributed by atoms with Crippen LogP contribution in [0.1, 0.15) is 33.1 Å². The number of hydrogen-bond acceptors (Lipinski definition) is 5. The van der Waals surface area contributed by atoms with Crippen LogP contribution in [0.25, 0.3) is 0 Å². The molecule has 0 aromatic heterocycles. The van der Waals surface area contributed by atoms with E-state index in [2.05, 4.69) is 0 Å². The van der Waals surface area contributed by atoms with Crippen LogP contribution in [0, 0.1) is 0 Å². The number of carbonyl (C=O) groups is 3. The van der Waals surface area contributed by atoms with Crippen molar-refractivity contribution in [3.05, 3.63) is 0 Å². The van der Waals surface area contributed by atoms with Crippen molar-refractivity contribution in [2.24, 2.45) is 0 Å². The second-order valence-corrected chi connectivity index (χ2v) is 5.76. The molecule has 0 aliphatic rings. The van der Waals surface area contributed by atoms with Crippen molar-refractivity contribution in [3.63, 3.8) is 0 Å². The highest BCUT2D eigenvalue weighted by Gasteiger charge is 2.52. The van der Waals surface area contributed by atoms with Gasteiger partial charge in [-0.3, -0.25) is 9.59 Å². The highest BCUT2D eigenvalue weighted by molar-refractivity contribution is 5.97. The van der Waals surface area contributed by atoms with Gasteiger partial charge in [0, 0.05) is 18.8 Å². The minimum absolute atomic E-state index is 0.0256. The van der Waals surface area contributed by atoms with Crippen LogP contribution in [0.4, 0.5) is 0 Å². The van der Waals surface area contributed by atoms with Gasteiger partial charge in [-0.05, 0) is 13.3 Å². The maximum Gasteiger partial charge on any atom is 0.193 e. The van der Waals surface area contributed by atoms with E-state index in [1.807, 2.05) is 0 Å². The van der Waals surface area contributed by atoms with Gasteiger partial charge in [-0.15, -0.1) is 0 Å². The predicted octanol–water partition coefficient (Wildman–Crippen LogP) is -1.11. The molecule has 19 heavy (non-hydrogen) atoms. The number of likely N-dealkylation sites (N-methyl/N-ethyl adjacent to an activating group) is 1. The summed E-state index contributed by atoms with van der Waals surface area (Å²) in [4.78, 5) is 34.7. The Morgan fingerprint density at radius 1 is 1.26 bits per heavy atom. The third kappa shape index (κ3) is 4.40.